The van der Waals surface area contributed by atoms with Crippen LogP contribution in [0.15, 0.2) is 17.0 Å². The summed E-state index contributed by atoms with van der Waals surface area (Å²) in [4.78, 5) is -0.807. The topological polar surface area (TPSA) is 34.1 Å². The number of hydrogen-bond donors (Lipinski definition) is 0. The summed E-state index contributed by atoms with van der Waals surface area (Å²) in [6.45, 7) is 0. The number of hydrogen-bond acceptors (Lipinski definition) is 2. The van der Waals surface area contributed by atoms with Crippen LogP contribution in [0.5, 0.6) is 0 Å². The molecule has 2 rings (SSSR count). The lowest BCUT2D eigenvalue weighted by Crippen LogP contribution is -2.24. The molecule has 2 nitrogen and oxygen atoms in total. The molecule has 7 heteroatoms. The molecule has 0 saturated heterocycles. The molecule has 94 valence electrons. The van der Waals surface area contributed by atoms with Crippen LogP contribution >= 0.6 is 0 Å². The Balaban J connectivity index is 2.68. The summed E-state index contributed by atoms with van der Waals surface area (Å²) < 4.78 is 73.1. The van der Waals surface area contributed by atoms with Crippen LogP contribution in [0.2, 0.25) is 0 Å². The molecule has 17 heavy (non-hydrogen) atoms. The van der Waals surface area contributed by atoms with E-state index >= 15 is 0 Å². The van der Waals surface area contributed by atoms with Gasteiger partial charge in [-0.3, -0.25) is 0 Å². The van der Waals surface area contributed by atoms with Gasteiger partial charge in [-0.25, -0.2) is 12.8 Å². The van der Waals surface area contributed by atoms with Crippen molar-refractivity contribution in [2.24, 2.45) is 0 Å². The largest absolute Gasteiger partial charge is 0.501 e. The molecule has 0 atom stereocenters. The fourth-order valence-corrected chi connectivity index (χ4v) is 3.05. The Morgan fingerprint density at radius 2 is 1.65 bits per heavy atom. The number of rotatable bonds is 1. The Morgan fingerprint density at radius 3 is 2.24 bits per heavy atom. The zero-order chi connectivity index (χ0) is 12.8. The molecule has 1 aromatic carbocycles. The highest BCUT2D eigenvalue weighted by molar-refractivity contribution is 7.92. The lowest BCUT2D eigenvalue weighted by atomic mass is 10.1. The molecule has 1 aliphatic carbocycles. The Labute approximate surface area is 95.2 Å². The Morgan fingerprint density at radius 1 is 1.06 bits per heavy atom. The zero-order valence-electron chi connectivity index (χ0n) is 8.51. The molecule has 0 aromatic heterocycles. The predicted octanol–water partition coefficient (Wildman–Crippen LogP) is 2.61. The number of sulfone groups is 1. The van der Waals surface area contributed by atoms with E-state index < -0.39 is 26.1 Å². The highest BCUT2D eigenvalue weighted by atomic mass is 32.2. The second-order valence-corrected chi connectivity index (χ2v) is 5.71. The van der Waals surface area contributed by atoms with Crippen molar-refractivity contribution in [1.29, 1.82) is 0 Å². The molecule has 0 unspecified atom stereocenters. The van der Waals surface area contributed by atoms with E-state index in [-0.39, 0.29) is 24.0 Å². The standard InChI is InChI=1S/C10H8F4O2S/c11-8-4-5-9(7-3-1-2-6(7)8)17(15,16)10(12,13)14/h4-5H,1-3H2. The van der Waals surface area contributed by atoms with Crippen molar-refractivity contribution in [3.8, 4) is 0 Å². The van der Waals surface area contributed by atoms with Crippen molar-refractivity contribution < 1.29 is 26.0 Å². The van der Waals surface area contributed by atoms with Crippen molar-refractivity contribution in [2.45, 2.75) is 29.7 Å². The third kappa shape index (κ3) is 1.82. The number of benzene rings is 1. The summed E-state index contributed by atoms with van der Waals surface area (Å²) in [5.41, 5.74) is -5.28. The van der Waals surface area contributed by atoms with Crippen molar-refractivity contribution in [2.75, 3.05) is 0 Å². The summed E-state index contributed by atoms with van der Waals surface area (Å²) in [7, 11) is -5.39. The Hall–Kier alpha value is -1.11. The van der Waals surface area contributed by atoms with E-state index in [0.29, 0.717) is 12.5 Å². The van der Waals surface area contributed by atoms with Crippen LogP contribution in [-0.2, 0) is 22.7 Å². The van der Waals surface area contributed by atoms with E-state index in [1.54, 1.807) is 0 Å². The first kappa shape index (κ1) is 12.3. The van der Waals surface area contributed by atoms with Crippen molar-refractivity contribution >= 4 is 9.84 Å². The van der Waals surface area contributed by atoms with Gasteiger partial charge in [0, 0.05) is 0 Å². The van der Waals surface area contributed by atoms with Gasteiger partial charge in [0.1, 0.15) is 5.82 Å². The highest BCUT2D eigenvalue weighted by Crippen LogP contribution is 2.37. The fraction of sp³-hybridized carbons (Fsp3) is 0.400. The van der Waals surface area contributed by atoms with Gasteiger partial charge >= 0.3 is 5.51 Å². The third-order valence-corrected chi connectivity index (χ3v) is 4.35. The van der Waals surface area contributed by atoms with E-state index in [9.17, 15) is 26.0 Å². The summed E-state index contributed by atoms with van der Waals surface area (Å²) >= 11 is 0. The Bertz CT molecular complexity index is 560. The second kappa shape index (κ2) is 3.69. The average Bonchev–Trinajstić information content (AvgIpc) is 2.65. The summed E-state index contributed by atoms with van der Waals surface area (Å²) in [5.74, 6) is -0.640. The monoisotopic (exact) mass is 268 g/mol. The van der Waals surface area contributed by atoms with Crippen molar-refractivity contribution in [1.82, 2.24) is 0 Å². The van der Waals surface area contributed by atoms with E-state index in [1.807, 2.05) is 0 Å². The third-order valence-electron chi connectivity index (χ3n) is 2.78. The summed E-state index contributed by atoms with van der Waals surface area (Å²) in [6.07, 6.45) is 0.913. The van der Waals surface area contributed by atoms with Crippen LogP contribution < -0.4 is 0 Å². The maximum Gasteiger partial charge on any atom is 0.501 e. The normalized spacial score (nSPS) is 16.0. The predicted molar refractivity (Wildman–Crippen MR) is 51.7 cm³/mol. The molecule has 1 aliphatic rings. The van der Waals surface area contributed by atoms with Crippen LogP contribution in [-0.4, -0.2) is 13.9 Å². The SMILES string of the molecule is O=S(=O)(c1ccc(F)c2c1CCC2)C(F)(F)F. The molecule has 0 aliphatic heterocycles. The van der Waals surface area contributed by atoms with E-state index in [2.05, 4.69) is 0 Å². The molecule has 0 heterocycles. The molecule has 0 amide bonds. The average molecular weight is 268 g/mol. The molecule has 0 saturated carbocycles. The molecular weight excluding hydrogens is 260 g/mol. The lowest BCUT2D eigenvalue weighted by Gasteiger charge is -2.12. The minimum Gasteiger partial charge on any atom is -0.214 e. The van der Waals surface area contributed by atoms with Crippen LogP contribution in [0.4, 0.5) is 17.6 Å². The summed E-state index contributed by atoms with van der Waals surface area (Å²) in [5, 5.41) is 0. The maximum absolute atomic E-state index is 13.3. The summed E-state index contributed by atoms with van der Waals surface area (Å²) in [6, 6.07) is 1.48. The van der Waals surface area contributed by atoms with Crippen LogP contribution in [0.3, 0.4) is 0 Å². The van der Waals surface area contributed by atoms with Gasteiger partial charge in [0.15, 0.2) is 0 Å². The van der Waals surface area contributed by atoms with Crippen LogP contribution in [0.1, 0.15) is 17.5 Å². The van der Waals surface area contributed by atoms with Crippen LogP contribution in [0.25, 0.3) is 0 Å². The first-order valence-corrected chi connectivity index (χ1v) is 6.35. The van der Waals surface area contributed by atoms with Gasteiger partial charge in [0.25, 0.3) is 9.84 Å². The van der Waals surface area contributed by atoms with E-state index in [1.165, 1.54) is 0 Å². The van der Waals surface area contributed by atoms with Gasteiger partial charge in [-0.1, -0.05) is 0 Å². The van der Waals surface area contributed by atoms with E-state index in [0.717, 1.165) is 6.07 Å². The quantitative estimate of drug-likeness (QED) is 0.579. The lowest BCUT2D eigenvalue weighted by molar-refractivity contribution is -0.0436. The molecule has 0 radical (unpaired) electrons. The van der Waals surface area contributed by atoms with E-state index in [4.69, 9.17) is 0 Å². The molecule has 0 spiro atoms. The van der Waals surface area contributed by atoms with Crippen molar-refractivity contribution in [3.63, 3.8) is 0 Å². The second-order valence-electron chi connectivity index (χ2n) is 3.81. The zero-order valence-corrected chi connectivity index (χ0v) is 9.33. The van der Waals surface area contributed by atoms with Gasteiger partial charge in [0.2, 0.25) is 0 Å². The minimum absolute atomic E-state index is 0.0256. The first-order valence-electron chi connectivity index (χ1n) is 4.87. The fourth-order valence-electron chi connectivity index (χ4n) is 2.01. The smallest absolute Gasteiger partial charge is 0.214 e. The number of alkyl halides is 3. The molecular formula is C10H8F4O2S. The maximum atomic E-state index is 13.3. The number of halogens is 4. The molecule has 0 fully saturated rings. The minimum atomic E-state index is -5.39. The van der Waals surface area contributed by atoms with Gasteiger partial charge in [-0.15, -0.1) is 0 Å². The Kier molecular flexibility index (Phi) is 2.68. The molecule has 0 bridgehead atoms. The van der Waals surface area contributed by atoms with Crippen LogP contribution in [0, 0.1) is 5.82 Å². The molecule has 1 aromatic rings. The molecule has 0 N–H and O–H groups in total. The highest BCUT2D eigenvalue weighted by Gasteiger charge is 2.48. The first-order chi connectivity index (χ1) is 7.75. The van der Waals surface area contributed by atoms with Gasteiger partial charge in [-0.2, -0.15) is 13.2 Å². The van der Waals surface area contributed by atoms with Gasteiger partial charge < -0.3 is 0 Å². The van der Waals surface area contributed by atoms with Gasteiger partial charge in [0.05, 0.1) is 4.90 Å². The number of fused-ring (bicyclic) bond motifs is 1. The van der Waals surface area contributed by atoms with Gasteiger partial charge in [-0.05, 0) is 42.5 Å². The van der Waals surface area contributed by atoms with Crippen molar-refractivity contribution in [3.05, 3.63) is 29.1 Å².